The van der Waals surface area contributed by atoms with Crippen molar-refractivity contribution < 1.29 is 9.47 Å². The van der Waals surface area contributed by atoms with Gasteiger partial charge in [-0.25, -0.2) is 0 Å². The zero-order valence-corrected chi connectivity index (χ0v) is 13.6. The molecule has 0 aromatic heterocycles. The molecule has 0 radical (unpaired) electrons. The molecule has 3 nitrogen and oxygen atoms in total. The third-order valence-electron chi connectivity index (χ3n) is 3.93. The molecule has 2 aromatic carbocycles. The SMILES string of the molecule is COc1ccccc1C(CN)CCOc1cc(C)ccc1C. The summed E-state index contributed by atoms with van der Waals surface area (Å²) in [5, 5.41) is 0. The lowest BCUT2D eigenvalue weighted by Gasteiger charge is -2.19. The Balaban J connectivity index is 2.01. The molecule has 0 amide bonds. The molecule has 2 aromatic rings. The molecule has 22 heavy (non-hydrogen) atoms. The van der Waals surface area contributed by atoms with E-state index in [-0.39, 0.29) is 5.92 Å². The normalized spacial score (nSPS) is 12.0. The second-order valence-corrected chi connectivity index (χ2v) is 5.58. The lowest BCUT2D eigenvalue weighted by Crippen LogP contribution is -2.16. The van der Waals surface area contributed by atoms with Gasteiger partial charge < -0.3 is 15.2 Å². The van der Waals surface area contributed by atoms with Crippen LogP contribution in [-0.2, 0) is 0 Å². The van der Waals surface area contributed by atoms with Gasteiger partial charge in [0.2, 0.25) is 0 Å². The highest BCUT2D eigenvalue weighted by molar-refractivity contribution is 5.37. The summed E-state index contributed by atoms with van der Waals surface area (Å²) >= 11 is 0. The molecule has 0 spiro atoms. The van der Waals surface area contributed by atoms with E-state index >= 15 is 0 Å². The van der Waals surface area contributed by atoms with Crippen molar-refractivity contribution in [3.8, 4) is 11.5 Å². The lowest BCUT2D eigenvalue weighted by molar-refractivity contribution is 0.294. The molecule has 0 aliphatic carbocycles. The molecule has 1 atom stereocenters. The van der Waals surface area contributed by atoms with E-state index in [0.717, 1.165) is 29.0 Å². The van der Waals surface area contributed by atoms with Crippen LogP contribution in [0.3, 0.4) is 0 Å². The fourth-order valence-electron chi connectivity index (χ4n) is 2.58. The Bertz CT molecular complexity index is 610. The zero-order valence-electron chi connectivity index (χ0n) is 13.6. The van der Waals surface area contributed by atoms with Gasteiger partial charge in [0.25, 0.3) is 0 Å². The fourth-order valence-corrected chi connectivity index (χ4v) is 2.58. The average molecular weight is 299 g/mol. The van der Waals surface area contributed by atoms with Gasteiger partial charge in [-0.2, -0.15) is 0 Å². The van der Waals surface area contributed by atoms with Crippen LogP contribution in [0.5, 0.6) is 11.5 Å². The average Bonchev–Trinajstić information content (AvgIpc) is 2.54. The minimum atomic E-state index is 0.237. The van der Waals surface area contributed by atoms with Crippen LogP contribution >= 0.6 is 0 Å². The van der Waals surface area contributed by atoms with E-state index in [0.29, 0.717) is 13.2 Å². The van der Waals surface area contributed by atoms with Crippen molar-refractivity contribution in [3.05, 3.63) is 59.2 Å². The van der Waals surface area contributed by atoms with Crippen LogP contribution in [0, 0.1) is 13.8 Å². The zero-order chi connectivity index (χ0) is 15.9. The molecule has 0 aliphatic heterocycles. The molecule has 0 heterocycles. The second kappa shape index (κ2) is 7.85. The first-order valence-electron chi connectivity index (χ1n) is 7.68. The van der Waals surface area contributed by atoms with Crippen molar-refractivity contribution >= 4 is 0 Å². The number of hydrogen-bond acceptors (Lipinski definition) is 3. The molecule has 0 bridgehead atoms. The molecule has 0 aliphatic rings. The van der Waals surface area contributed by atoms with Gasteiger partial charge in [-0.3, -0.25) is 0 Å². The second-order valence-electron chi connectivity index (χ2n) is 5.58. The lowest BCUT2D eigenvalue weighted by atomic mass is 9.95. The van der Waals surface area contributed by atoms with Crippen molar-refractivity contribution in [3.63, 3.8) is 0 Å². The smallest absolute Gasteiger partial charge is 0.122 e. The van der Waals surface area contributed by atoms with Gasteiger partial charge >= 0.3 is 0 Å². The summed E-state index contributed by atoms with van der Waals surface area (Å²) in [6, 6.07) is 14.3. The molecule has 0 fully saturated rings. The molecule has 1 unspecified atom stereocenters. The van der Waals surface area contributed by atoms with Crippen LogP contribution < -0.4 is 15.2 Å². The van der Waals surface area contributed by atoms with Crippen LogP contribution in [0.4, 0.5) is 0 Å². The highest BCUT2D eigenvalue weighted by Gasteiger charge is 2.14. The highest BCUT2D eigenvalue weighted by Crippen LogP contribution is 2.28. The Labute approximate surface area is 133 Å². The van der Waals surface area contributed by atoms with E-state index in [2.05, 4.69) is 38.1 Å². The van der Waals surface area contributed by atoms with Crippen LogP contribution in [-0.4, -0.2) is 20.3 Å². The highest BCUT2D eigenvalue weighted by atomic mass is 16.5. The number of aryl methyl sites for hydroxylation is 2. The summed E-state index contributed by atoms with van der Waals surface area (Å²) in [4.78, 5) is 0. The van der Waals surface area contributed by atoms with E-state index in [1.807, 2.05) is 18.2 Å². The van der Waals surface area contributed by atoms with E-state index in [1.54, 1.807) is 7.11 Å². The standard InChI is InChI=1S/C19H25NO2/c1-14-8-9-15(2)19(12-14)22-11-10-16(13-20)17-6-4-5-7-18(17)21-3/h4-9,12,16H,10-11,13,20H2,1-3H3. The Morgan fingerprint density at radius 3 is 2.55 bits per heavy atom. The van der Waals surface area contributed by atoms with Gasteiger partial charge in [0.05, 0.1) is 13.7 Å². The van der Waals surface area contributed by atoms with Crippen molar-refractivity contribution in [2.24, 2.45) is 5.73 Å². The predicted molar refractivity (Wildman–Crippen MR) is 90.8 cm³/mol. The Hall–Kier alpha value is -2.00. The summed E-state index contributed by atoms with van der Waals surface area (Å²) in [5.41, 5.74) is 9.47. The van der Waals surface area contributed by atoms with E-state index < -0.39 is 0 Å². The third-order valence-corrected chi connectivity index (χ3v) is 3.93. The van der Waals surface area contributed by atoms with Crippen molar-refractivity contribution in [1.29, 1.82) is 0 Å². The fraction of sp³-hybridized carbons (Fsp3) is 0.368. The van der Waals surface area contributed by atoms with Gasteiger partial charge in [-0.05, 0) is 55.6 Å². The summed E-state index contributed by atoms with van der Waals surface area (Å²) in [7, 11) is 1.69. The maximum absolute atomic E-state index is 5.95. The van der Waals surface area contributed by atoms with E-state index in [9.17, 15) is 0 Å². The molecule has 0 saturated carbocycles. The maximum atomic E-state index is 5.95. The minimum Gasteiger partial charge on any atom is -0.496 e. The van der Waals surface area contributed by atoms with Gasteiger partial charge in [-0.15, -0.1) is 0 Å². The Morgan fingerprint density at radius 2 is 1.82 bits per heavy atom. The number of ether oxygens (including phenoxy) is 2. The van der Waals surface area contributed by atoms with Gasteiger partial charge in [0.15, 0.2) is 0 Å². The largest absolute Gasteiger partial charge is 0.496 e. The van der Waals surface area contributed by atoms with Crippen LogP contribution in [0.15, 0.2) is 42.5 Å². The van der Waals surface area contributed by atoms with Gasteiger partial charge in [0.1, 0.15) is 11.5 Å². The van der Waals surface area contributed by atoms with Crippen LogP contribution in [0.25, 0.3) is 0 Å². The number of para-hydroxylation sites is 1. The minimum absolute atomic E-state index is 0.237. The topological polar surface area (TPSA) is 44.5 Å². The van der Waals surface area contributed by atoms with Crippen molar-refractivity contribution in [2.45, 2.75) is 26.2 Å². The third kappa shape index (κ3) is 4.01. The quantitative estimate of drug-likeness (QED) is 0.845. The predicted octanol–water partition coefficient (Wildman–Crippen LogP) is 3.82. The Kier molecular flexibility index (Phi) is 5.84. The summed E-state index contributed by atoms with van der Waals surface area (Å²) in [6.07, 6.45) is 0.865. The van der Waals surface area contributed by atoms with Crippen LogP contribution in [0.2, 0.25) is 0 Å². The first-order chi connectivity index (χ1) is 10.7. The van der Waals surface area contributed by atoms with Crippen molar-refractivity contribution in [2.75, 3.05) is 20.3 Å². The van der Waals surface area contributed by atoms with E-state index in [1.165, 1.54) is 5.56 Å². The summed E-state index contributed by atoms with van der Waals surface area (Å²) < 4.78 is 11.4. The molecule has 2 rings (SSSR count). The maximum Gasteiger partial charge on any atom is 0.122 e. The number of rotatable bonds is 7. The molecule has 118 valence electrons. The van der Waals surface area contributed by atoms with Gasteiger partial charge in [0, 0.05) is 5.92 Å². The molecule has 2 N–H and O–H groups in total. The monoisotopic (exact) mass is 299 g/mol. The van der Waals surface area contributed by atoms with E-state index in [4.69, 9.17) is 15.2 Å². The molecule has 0 saturated heterocycles. The van der Waals surface area contributed by atoms with Gasteiger partial charge in [-0.1, -0.05) is 30.3 Å². The molecular weight excluding hydrogens is 274 g/mol. The summed E-state index contributed by atoms with van der Waals surface area (Å²) in [5.74, 6) is 2.08. The van der Waals surface area contributed by atoms with Crippen molar-refractivity contribution in [1.82, 2.24) is 0 Å². The number of benzene rings is 2. The number of nitrogens with two attached hydrogens (primary N) is 1. The first-order valence-corrected chi connectivity index (χ1v) is 7.68. The molecule has 3 heteroatoms. The first kappa shape index (κ1) is 16.4. The Morgan fingerprint density at radius 1 is 1.05 bits per heavy atom. The molecular formula is C19H25NO2. The number of methoxy groups -OCH3 is 1. The number of hydrogen-bond donors (Lipinski definition) is 1. The van der Waals surface area contributed by atoms with Crippen LogP contribution in [0.1, 0.15) is 29.0 Å². The summed E-state index contributed by atoms with van der Waals surface area (Å²) in [6.45, 7) is 5.36.